The van der Waals surface area contributed by atoms with Gasteiger partial charge in [-0.3, -0.25) is 4.79 Å². The highest BCUT2D eigenvalue weighted by molar-refractivity contribution is 5.81. The molecule has 0 amide bonds. The first-order chi connectivity index (χ1) is 14.5. The van der Waals surface area contributed by atoms with Gasteiger partial charge in [0.1, 0.15) is 17.3 Å². The van der Waals surface area contributed by atoms with Crippen LogP contribution in [-0.4, -0.2) is 19.5 Å². The molecule has 0 aromatic heterocycles. The van der Waals surface area contributed by atoms with E-state index in [1.54, 1.807) is 7.11 Å². The molecule has 3 nitrogen and oxygen atoms in total. The molecule has 2 aromatic carbocycles. The van der Waals surface area contributed by atoms with Crippen molar-refractivity contribution in [1.82, 2.24) is 0 Å². The summed E-state index contributed by atoms with van der Waals surface area (Å²) in [6.07, 6.45) is 2.30. The Kier molecular flexibility index (Phi) is 15.2. The molecule has 2 unspecified atom stereocenters. The lowest BCUT2D eigenvalue weighted by molar-refractivity contribution is -0.123. The molecule has 0 N–H and O–H groups in total. The third-order valence-electron chi connectivity index (χ3n) is 4.62. The maximum absolute atomic E-state index is 12.6. The molecule has 0 bridgehead atoms. The molecule has 0 saturated carbocycles. The Bertz CT molecular complexity index is 674. The second-order valence-electron chi connectivity index (χ2n) is 7.01. The first-order valence-corrected chi connectivity index (χ1v) is 11.4. The van der Waals surface area contributed by atoms with Crippen LogP contribution in [0.25, 0.3) is 0 Å². The summed E-state index contributed by atoms with van der Waals surface area (Å²) in [5.74, 6) is 2.44. The molecule has 0 saturated heterocycles. The average molecular weight is 415 g/mol. The van der Waals surface area contributed by atoms with Crippen LogP contribution in [-0.2, 0) is 17.6 Å². The molecule has 0 heterocycles. The summed E-state index contributed by atoms with van der Waals surface area (Å²) in [5.41, 5.74) is 2.42. The van der Waals surface area contributed by atoms with Gasteiger partial charge in [-0.15, -0.1) is 0 Å². The van der Waals surface area contributed by atoms with E-state index in [1.807, 2.05) is 65.8 Å². The predicted octanol–water partition coefficient (Wildman–Crippen LogP) is 7.16. The van der Waals surface area contributed by atoms with Crippen molar-refractivity contribution in [2.24, 2.45) is 11.8 Å². The predicted molar refractivity (Wildman–Crippen MR) is 129 cm³/mol. The van der Waals surface area contributed by atoms with Gasteiger partial charge in [-0.2, -0.15) is 0 Å². The monoisotopic (exact) mass is 414 g/mol. The number of hydrogen-bond donors (Lipinski definition) is 0. The smallest absolute Gasteiger partial charge is 0.136 e. The zero-order valence-electron chi connectivity index (χ0n) is 20.3. The van der Waals surface area contributed by atoms with Gasteiger partial charge in [0.15, 0.2) is 0 Å². The molecule has 168 valence electrons. The summed E-state index contributed by atoms with van der Waals surface area (Å²) in [6, 6.07) is 16.1. The van der Waals surface area contributed by atoms with Crippen LogP contribution < -0.4 is 9.47 Å². The van der Waals surface area contributed by atoms with Crippen LogP contribution >= 0.6 is 0 Å². The zero-order valence-corrected chi connectivity index (χ0v) is 20.3. The minimum atomic E-state index is 0.0336. The Morgan fingerprint density at radius 2 is 1.27 bits per heavy atom. The quantitative estimate of drug-likeness (QED) is 0.413. The fraction of sp³-hybridized carbons (Fsp3) is 0.519. The van der Waals surface area contributed by atoms with Gasteiger partial charge in [-0.1, -0.05) is 65.8 Å². The van der Waals surface area contributed by atoms with Crippen LogP contribution in [0.3, 0.4) is 0 Å². The number of carbonyl (C=O) groups is 1. The second kappa shape index (κ2) is 16.5. The van der Waals surface area contributed by atoms with Gasteiger partial charge < -0.3 is 9.47 Å². The minimum Gasteiger partial charge on any atom is -0.497 e. The maximum atomic E-state index is 12.6. The van der Waals surface area contributed by atoms with E-state index in [0.717, 1.165) is 24.3 Å². The van der Waals surface area contributed by atoms with Crippen molar-refractivity contribution in [2.45, 2.75) is 67.7 Å². The van der Waals surface area contributed by atoms with E-state index in [9.17, 15) is 4.79 Å². The summed E-state index contributed by atoms with van der Waals surface area (Å²) >= 11 is 0. The molecule has 2 aromatic rings. The van der Waals surface area contributed by atoms with E-state index in [2.05, 4.69) is 31.2 Å². The van der Waals surface area contributed by atoms with Crippen molar-refractivity contribution in [2.75, 3.05) is 13.7 Å². The van der Waals surface area contributed by atoms with Gasteiger partial charge in [-0.05, 0) is 61.1 Å². The van der Waals surface area contributed by atoms with E-state index in [0.29, 0.717) is 24.7 Å². The molecular weight excluding hydrogens is 372 g/mol. The molecule has 0 radical (unpaired) electrons. The minimum absolute atomic E-state index is 0.0336. The number of methoxy groups -OCH3 is 1. The molecule has 30 heavy (non-hydrogen) atoms. The number of ketones is 1. The number of benzene rings is 2. The van der Waals surface area contributed by atoms with Crippen LogP contribution in [0.1, 0.15) is 66.0 Å². The summed E-state index contributed by atoms with van der Waals surface area (Å²) < 4.78 is 10.6. The van der Waals surface area contributed by atoms with E-state index >= 15 is 0 Å². The Morgan fingerprint density at radius 1 is 0.800 bits per heavy atom. The van der Waals surface area contributed by atoms with Crippen molar-refractivity contribution < 1.29 is 14.3 Å². The first-order valence-electron chi connectivity index (χ1n) is 11.4. The molecule has 0 spiro atoms. The van der Waals surface area contributed by atoms with E-state index in [-0.39, 0.29) is 5.92 Å². The molecule has 0 aliphatic carbocycles. The van der Waals surface area contributed by atoms with Crippen molar-refractivity contribution in [3.05, 3.63) is 59.7 Å². The standard InChI is InChI=1S/C23H30O3.2C2H6/c1-5-26-22-12-8-20(9-13-22)16-18(3)23(24)15-17(2)14-19-6-10-21(25-4)11-7-19;2*1-2/h6-13,17-18H,5,14-16H2,1-4H3;2*1-2H3. The molecule has 2 rings (SSSR count). The molecule has 0 aliphatic heterocycles. The van der Waals surface area contributed by atoms with Gasteiger partial charge in [0, 0.05) is 12.3 Å². The van der Waals surface area contributed by atoms with Gasteiger partial charge in [0.25, 0.3) is 0 Å². The van der Waals surface area contributed by atoms with E-state index in [1.165, 1.54) is 11.1 Å². The Labute approximate surface area is 184 Å². The van der Waals surface area contributed by atoms with Crippen LogP contribution in [0.2, 0.25) is 0 Å². The highest BCUT2D eigenvalue weighted by Crippen LogP contribution is 2.20. The molecule has 0 aliphatic rings. The van der Waals surface area contributed by atoms with Crippen LogP contribution in [0.4, 0.5) is 0 Å². The summed E-state index contributed by atoms with van der Waals surface area (Å²) in [7, 11) is 1.67. The third kappa shape index (κ3) is 10.5. The number of Topliss-reactive ketones (excluding diaryl/α,β-unsaturated/α-hetero) is 1. The van der Waals surface area contributed by atoms with Gasteiger partial charge >= 0.3 is 0 Å². The SMILES string of the molecule is CC.CC.CCOc1ccc(CC(C)C(=O)CC(C)Cc2ccc(OC)cc2)cc1. The Hall–Kier alpha value is -2.29. The lowest BCUT2D eigenvalue weighted by Crippen LogP contribution is -2.17. The van der Waals surface area contributed by atoms with Gasteiger partial charge in [0.05, 0.1) is 13.7 Å². The van der Waals surface area contributed by atoms with Crippen molar-refractivity contribution in [3.63, 3.8) is 0 Å². The molecule has 3 heteroatoms. The number of ether oxygens (including phenoxy) is 2. The fourth-order valence-electron chi connectivity index (χ4n) is 3.14. The first kappa shape index (κ1) is 27.7. The highest BCUT2D eigenvalue weighted by Gasteiger charge is 2.17. The number of hydrogen-bond acceptors (Lipinski definition) is 3. The van der Waals surface area contributed by atoms with E-state index < -0.39 is 0 Å². The van der Waals surface area contributed by atoms with Gasteiger partial charge in [-0.25, -0.2) is 0 Å². The maximum Gasteiger partial charge on any atom is 0.136 e. The summed E-state index contributed by atoms with van der Waals surface area (Å²) in [5, 5.41) is 0. The largest absolute Gasteiger partial charge is 0.497 e. The van der Waals surface area contributed by atoms with Crippen LogP contribution in [0.15, 0.2) is 48.5 Å². The Balaban J connectivity index is 0.00000198. The third-order valence-corrected chi connectivity index (χ3v) is 4.62. The summed E-state index contributed by atoms with van der Waals surface area (Å²) in [4.78, 5) is 12.6. The average Bonchev–Trinajstić information content (AvgIpc) is 2.78. The van der Waals surface area contributed by atoms with E-state index in [4.69, 9.17) is 9.47 Å². The number of carbonyl (C=O) groups excluding carboxylic acids is 1. The summed E-state index contributed by atoms with van der Waals surface area (Å²) in [6.45, 7) is 14.8. The van der Waals surface area contributed by atoms with Crippen LogP contribution in [0, 0.1) is 11.8 Å². The van der Waals surface area contributed by atoms with Crippen molar-refractivity contribution >= 4 is 5.78 Å². The van der Waals surface area contributed by atoms with Crippen molar-refractivity contribution in [1.29, 1.82) is 0 Å². The highest BCUT2D eigenvalue weighted by atomic mass is 16.5. The Morgan fingerprint density at radius 3 is 1.73 bits per heavy atom. The van der Waals surface area contributed by atoms with Crippen LogP contribution in [0.5, 0.6) is 11.5 Å². The second-order valence-corrected chi connectivity index (χ2v) is 7.01. The lowest BCUT2D eigenvalue weighted by atomic mass is 9.89. The number of rotatable bonds is 10. The van der Waals surface area contributed by atoms with Gasteiger partial charge in [0.2, 0.25) is 0 Å². The normalized spacial score (nSPS) is 11.7. The van der Waals surface area contributed by atoms with Crippen molar-refractivity contribution in [3.8, 4) is 11.5 Å². The molecule has 0 fully saturated rings. The fourth-order valence-corrected chi connectivity index (χ4v) is 3.14. The zero-order chi connectivity index (χ0) is 22.9. The molecular formula is C27H42O3. The lowest BCUT2D eigenvalue weighted by Gasteiger charge is -2.15. The topological polar surface area (TPSA) is 35.5 Å². The molecule has 2 atom stereocenters.